The number of pyridine rings is 1. The van der Waals surface area contributed by atoms with Crippen LogP contribution in [0.3, 0.4) is 0 Å². The molecule has 1 N–H and O–H groups in total. The van der Waals surface area contributed by atoms with Crippen LogP contribution >= 0.6 is 0 Å². The lowest BCUT2D eigenvalue weighted by molar-refractivity contribution is -0.146. The van der Waals surface area contributed by atoms with Gasteiger partial charge in [0, 0.05) is 31.9 Å². The van der Waals surface area contributed by atoms with Crippen molar-refractivity contribution < 1.29 is 9.90 Å². The summed E-state index contributed by atoms with van der Waals surface area (Å²) in [4.78, 5) is 20.2. The van der Waals surface area contributed by atoms with Crippen molar-refractivity contribution in [2.75, 3.05) is 26.2 Å². The normalized spacial score (nSPS) is 23.2. The van der Waals surface area contributed by atoms with Crippen LogP contribution in [0.4, 0.5) is 0 Å². The number of hydrogen-bond acceptors (Lipinski definition) is 4. The lowest BCUT2D eigenvalue weighted by Crippen LogP contribution is -2.54. The number of aliphatic carboxylic acids is 1. The molecule has 1 aromatic rings. The molecule has 0 radical (unpaired) electrons. The van der Waals surface area contributed by atoms with Gasteiger partial charge < -0.3 is 10.0 Å². The topological polar surface area (TPSA) is 56.7 Å². The number of carboxylic acid groups (broad SMARTS) is 1. The van der Waals surface area contributed by atoms with Gasteiger partial charge in [-0.05, 0) is 25.6 Å². The Morgan fingerprint density at radius 3 is 2.84 bits per heavy atom. The summed E-state index contributed by atoms with van der Waals surface area (Å²) >= 11 is 0. The van der Waals surface area contributed by atoms with E-state index in [1.54, 1.807) is 18.3 Å². The van der Waals surface area contributed by atoms with E-state index in [0.29, 0.717) is 5.69 Å². The molecule has 104 valence electrons. The summed E-state index contributed by atoms with van der Waals surface area (Å²) < 4.78 is 0. The third-order valence-electron chi connectivity index (χ3n) is 3.74. The highest BCUT2D eigenvalue weighted by Gasteiger charge is 2.34. The van der Waals surface area contributed by atoms with E-state index in [-0.39, 0.29) is 6.04 Å². The molecule has 0 bridgehead atoms. The van der Waals surface area contributed by atoms with E-state index in [0.717, 1.165) is 26.2 Å². The van der Waals surface area contributed by atoms with E-state index in [2.05, 4.69) is 23.7 Å². The molecule has 19 heavy (non-hydrogen) atoms. The van der Waals surface area contributed by atoms with E-state index in [1.165, 1.54) is 0 Å². The summed E-state index contributed by atoms with van der Waals surface area (Å²) in [5, 5.41) is 9.52. The Kier molecular flexibility index (Phi) is 4.50. The lowest BCUT2D eigenvalue weighted by Gasteiger charge is -2.42. The summed E-state index contributed by atoms with van der Waals surface area (Å²) in [6.07, 6.45) is 1.65. The summed E-state index contributed by atoms with van der Waals surface area (Å²) in [5.74, 6) is -0.824. The van der Waals surface area contributed by atoms with Crippen LogP contribution in [-0.2, 0) is 4.79 Å². The van der Waals surface area contributed by atoms with Gasteiger partial charge in [0.15, 0.2) is 6.04 Å². The predicted molar refractivity (Wildman–Crippen MR) is 72.9 cm³/mol. The number of likely N-dealkylation sites (N-methyl/N-ethyl adjacent to an activating group) is 1. The van der Waals surface area contributed by atoms with Crippen molar-refractivity contribution >= 4 is 5.97 Å². The zero-order valence-corrected chi connectivity index (χ0v) is 11.5. The molecular weight excluding hydrogens is 242 g/mol. The van der Waals surface area contributed by atoms with Crippen LogP contribution in [0.2, 0.25) is 0 Å². The Morgan fingerprint density at radius 2 is 2.32 bits per heavy atom. The van der Waals surface area contributed by atoms with Gasteiger partial charge in [0.2, 0.25) is 0 Å². The fourth-order valence-corrected chi connectivity index (χ4v) is 2.69. The zero-order valence-electron chi connectivity index (χ0n) is 11.5. The van der Waals surface area contributed by atoms with E-state index in [9.17, 15) is 9.90 Å². The minimum Gasteiger partial charge on any atom is -0.480 e. The number of carboxylic acids is 1. The van der Waals surface area contributed by atoms with E-state index in [1.807, 2.05) is 11.0 Å². The maximum atomic E-state index is 11.6. The van der Waals surface area contributed by atoms with E-state index < -0.39 is 12.0 Å². The SMILES string of the molecule is CCN1CCN(C(C(=O)O)c2ccccn2)C(C)C1. The first-order valence-electron chi connectivity index (χ1n) is 6.75. The standard InChI is InChI=1S/C14H21N3O2/c1-3-16-8-9-17(11(2)10-16)13(14(18)19)12-6-4-5-7-15-12/h4-7,11,13H,3,8-10H2,1-2H3,(H,18,19). The van der Waals surface area contributed by atoms with Crippen molar-refractivity contribution in [1.82, 2.24) is 14.8 Å². The fourth-order valence-electron chi connectivity index (χ4n) is 2.69. The quantitative estimate of drug-likeness (QED) is 0.885. The second kappa shape index (κ2) is 6.12. The molecule has 0 aromatic carbocycles. The van der Waals surface area contributed by atoms with Gasteiger partial charge in [-0.3, -0.25) is 14.7 Å². The molecule has 0 amide bonds. The first-order chi connectivity index (χ1) is 9.13. The first-order valence-corrected chi connectivity index (χ1v) is 6.75. The second-order valence-corrected chi connectivity index (χ2v) is 4.98. The molecule has 0 saturated carbocycles. The minimum atomic E-state index is -0.824. The number of piperazine rings is 1. The molecule has 2 unspecified atom stereocenters. The van der Waals surface area contributed by atoms with Crippen molar-refractivity contribution in [1.29, 1.82) is 0 Å². The van der Waals surface area contributed by atoms with Gasteiger partial charge in [-0.15, -0.1) is 0 Å². The van der Waals surface area contributed by atoms with Crippen molar-refractivity contribution in [3.05, 3.63) is 30.1 Å². The summed E-state index contributed by atoms with van der Waals surface area (Å²) in [6.45, 7) is 7.82. The first kappa shape index (κ1) is 14.0. The Balaban J connectivity index is 2.19. The van der Waals surface area contributed by atoms with Crippen molar-refractivity contribution in [2.45, 2.75) is 25.9 Å². The molecule has 5 heteroatoms. The Morgan fingerprint density at radius 1 is 1.53 bits per heavy atom. The highest BCUT2D eigenvalue weighted by atomic mass is 16.4. The Bertz CT molecular complexity index is 424. The third kappa shape index (κ3) is 3.11. The maximum absolute atomic E-state index is 11.6. The molecule has 0 aliphatic carbocycles. The third-order valence-corrected chi connectivity index (χ3v) is 3.74. The molecule has 0 spiro atoms. The van der Waals surface area contributed by atoms with Crippen molar-refractivity contribution in [3.8, 4) is 0 Å². The highest BCUT2D eigenvalue weighted by molar-refractivity contribution is 5.75. The fraction of sp³-hybridized carbons (Fsp3) is 0.571. The lowest BCUT2D eigenvalue weighted by atomic mass is 10.1. The van der Waals surface area contributed by atoms with Crippen LogP contribution in [-0.4, -0.2) is 58.1 Å². The van der Waals surface area contributed by atoms with Gasteiger partial charge in [0.05, 0.1) is 5.69 Å². The van der Waals surface area contributed by atoms with Gasteiger partial charge >= 0.3 is 5.97 Å². The summed E-state index contributed by atoms with van der Waals surface area (Å²) in [7, 11) is 0. The predicted octanol–water partition coefficient (Wildman–Crippen LogP) is 1.23. The summed E-state index contributed by atoms with van der Waals surface area (Å²) in [6, 6.07) is 5.01. The number of rotatable bonds is 4. The largest absolute Gasteiger partial charge is 0.480 e. The van der Waals surface area contributed by atoms with Crippen LogP contribution < -0.4 is 0 Å². The van der Waals surface area contributed by atoms with E-state index >= 15 is 0 Å². The summed E-state index contributed by atoms with van der Waals surface area (Å²) in [5.41, 5.74) is 0.617. The van der Waals surface area contributed by atoms with Crippen molar-refractivity contribution in [3.63, 3.8) is 0 Å². The molecule has 2 rings (SSSR count). The minimum absolute atomic E-state index is 0.219. The molecule has 1 aromatic heterocycles. The monoisotopic (exact) mass is 263 g/mol. The van der Waals surface area contributed by atoms with Crippen LogP contribution in [0.25, 0.3) is 0 Å². The molecule has 2 heterocycles. The number of hydrogen-bond donors (Lipinski definition) is 1. The number of aromatic nitrogens is 1. The van der Waals surface area contributed by atoms with Gasteiger partial charge in [0.25, 0.3) is 0 Å². The molecule has 5 nitrogen and oxygen atoms in total. The molecule has 2 atom stereocenters. The van der Waals surface area contributed by atoms with Crippen LogP contribution in [0.5, 0.6) is 0 Å². The van der Waals surface area contributed by atoms with Crippen LogP contribution in [0, 0.1) is 0 Å². The molecule has 1 aliphatic heterocycles. The van der Waals surface area contributed by atoms with Gasteiger partial charge in [-0.2, -0.15) is 0 Å². The van der Waals surface area contributed by atoms with Crippen LogP contribution in [0.1, 0.15) is 25.6 Å². The molecular formula is C14H21N3O2. The van der Waals surface area contributed by atoms with Gasteiger partial charge in [-0.25, -0.2) is 0 Å². The molecule has 1 fully saturated rings. The molecule has 1 aliphatic rings. The Hall–Kier alpha value is -1.46. The molecule has 1 saturated heterocycles. The zero-order chi connectivity index (χ0) is 13.8. The second-order valence-electron chi connectivity index (χ2n) is 4.98. The van der Waals surface area contributed by atoms with Gasteiger partial charge in [0.1, 0.15) is 0 Å². The highest BCUT2D eigenvalue weighted by Crippen LogP contribution is 2.24. The van der Waals surface area contributed by atoms with Gasteiger partial charge in [-0.1, -0.05) is 13.0 Å². The number of carbonyl (C=O) groups is 1. The average molecular weight is 263 g/mol. The number of nitrogens with zero attached hydrogens (tertiary/aromatic N) is 3. The van der Waals surface area contributed by atoms with Crippen molar-refractivity contribution in [2.24, 2.45) is 0 Å². The average Bonchev–Trinajstić information content (AvgIpc) is 2.41. The van der Waals surface area contributed by atoms with Crippen LogP contribution in [0.15, 0.2) is 24.4 Å². The smallest absolute Gasteiger partial charge is 0.327 e. The van der Waals surface area contributed by atoms with E-state index in [4.69, 9.17) is 0 Å². The Labute approximate surface area is 113 Å². The maximum Gasteiger partial charge on any atom is 0.327 e.